The highest BCUT2D eigenvalue weighted by Gasteiger charge is 2.38. The molecule has 1 unspecified atom stereocenters. The van der Waals surface area contributed by atoms with E-state index in [-0.39, 0.29) is 18.3 Å². The first kappa shape index (κ1) is 19.8. The maximum absolute atomic E-state index is 12.0. The molecule has 0 N–H and O–H groups in total. The van der Waals surface area contributed by atoms with E-state index in [1.165, 1.54) is 0 Å². The fourth-order valence-electron chi connectivity index (χ4n) is 2.69. The van der Waals surface area contributed by atoms with Crippen molar-refractivity contribution in [1.82, 2.24) is 0 Å². The van der Waals surface area contributed by atoms with Gasteiger partial charge < -0.3 is 9.47 Å². The fourth-order valence-corrected chi connectivity index (χ4v) is 2.69. The second kappa shape index (κ2) is 8.55. The number of halogens is 3. The molecule has 0 radical (unpaired) electrons. The molecule has 0 saturated heterocycles. The zero-order chi connectivity index (χ0) is 17.5. The van der Waals surface area contributed by atoms with E-state index in [1.807, 2.05) is 6.92 Å². The van der Waals surface area contributed by atoms with Crippen molar-refractivity contribution >= 4 is 11.9 Å². The van der Waals surface area contributed by atoms with Gasteiger partial charge in [-0.1, -0.05) is 13.8 Å². The lowest BCUT2D eigenvalue weighted by Crippen LogP contribution is -2.34. The second-order valence-corrected chi connectivity index (χ2v) is 6.25. The summed E-state index contributed by atoms with van der Waals surface area (Å²) < 4.78 is 45.7. The van der Waals surface area contributed by atoms with Crippen LogP contribution in [0.5, 0.6) is 0 Å². The summed E-state index contributed by atoms with van der Waals surface area (Å²) in [6, 6.07) is 0. The highest BCUT2D eigenvalue weighted by Crippen LogP contribution is 2.38. The van der Waals surface area contributed by atoms with Crippen molar-refractivity contribution in [2.75, 3.05) is 6.61 Å². The predicted molar refractivity (Wildman–Crippen MR) is 77.6 cm³/mol. The first-order valence-electron chi connectivity index (χ1n) is 8.13. The first-order chi connectivity index (χ1) is 10.7. The normalized spacial score (nSPS) is 18.5. The van der Waals surface area contributed by atoms with Gasteiger partial charge in [0.15, 0.2) is 6.61 Å². The van der Waals surface area contributed by atoms with E-state index in [0.29, 0.717) is 19.3 Å². The van der Waals surface area contributed by atoms with Crippen molar-refractivity contribution in [2.45, 2.75) is 77.0 Å². The Morgan fingerprint density at radius 1 is 1.22 bits per heavy atom. The minimum Gasteiger partial charge on any atom is -0.459 e. The summed E-state index contributed by atoms with van der Waals surface area (Å²) in [4.78, 5) is 23.3. The minimum atomic E-state index is -4.51. The highest BCUT2D eigenvalue weighted by atomic mass is 19.4. The monoisotopic (exact) mass is 338 g/mol. The van der Waals surface area contributed by atoms with E-state index < -0.39 is 24.4 Å². The van der Waals surface area contributed by atoms with E-state index in [2.05, 4.69) is 4.74 Å². The number of esters is 2. The van der Waals surface area contributed by atoms with Crippen molar-refractivity contribution in [1.29, 1.82) is 0 Å². The lowest BCUT2D eigenvalue weighted by molar-refractivity contribution is -0.186. The molecule has 7 heteroatoms. The first-order valence-corrected chi connectivity index (χ1v) is 8.13. The van der Waals surface area contributed by atoms with Gasteiger partial charge in [-0.2, -0.15) is 13.2 Å². The SMILES string of the molecule is CCC(C)C(=O)OC1(CCCC(=O)OCC(F)(F)F)CCCC1. The van der Waals surface area contributed by atoms with Crippen molar-refractivity contribution in [3.63, 3.8) is 0 Å². The molecule has 1 aliphatic carbocycles. The number of hydrogen-bond donors (Lipinski definition) is 0. The molecule has 0 heterocycles. The number of alkyl halides is 3. The van der Waals surface area contributed by atoms with Crippen LogP contribution in [0, 0.1) is 5.92 Å². The van der Waals surface area contributed by atoms with Gasteiger partial charge in [-0.15, -0.1) is 0 Å². The van der Waals surface area contributed by atoms with Gasteiger partial charge in [-0.05, 0) is 44.9 Å². The van der Waals surface area contributed by atoms with Crippen LogP contribution in [0.15, 0.2) is 0 Å². The Balaban J connectivity index is 2.42. The Morgan fingerprint density at radius 2 is 1.83 bits per heavy atom. The molecule has 1 atom stereocenters. The summed E-state index contributed by atoms with van der Waals surface area (Å²) in [5.74, 6) is -1.29. The highest BCUT2D eigenvalue weighted by molar-refractivity contribution is 5.72. The minimum absolute atomic E-state index is 0.0985. The van der Waals surface area contributed by atoms with Gasteiger partial charge >= 0.3 is 18.1 Å². The molecule has 0 amide bonds. The van der Waals surface area contributed by atoms with Crippen molar-refractivity contribution in [2.24, 2.45) is 5.92 Å². The molecule has 1 fully saturated rings. The van der Waals surface area contributed by atoms with Gasteiger partial charge in [0.1, 0.15) is 5.60 Å². The summed E-state index contributed by atoms with van der Waals surface area (Å²) >= 11 is 0. The van der Waals surface area contributed by atoms with Crippen LogP contribution in [0.3, 0.4) is 0 Å². The topological polar surface area (TPSA) is 52.6 Å². The van der Waals surface area contributed by atoms with Gasteiger partial charge in [0.2, 0.25) is 0 Å². The quantitative estimate of drug-likeness (QED) is 0.624. The third-order valence-electron chi connectivity index (χ3n) is 4.26. The van der Waals surface area contributed by atoms with Crippen LogP contribution in [-0.2, 0) is 19.1 Å². The van der Waals surface area contributed by atoms with Gasteiger partial charge in [0, 0.05) is 6.42 Å². The number of carbonyl (C=O) groups excluding carboxylic acids is 2. The van der Waals surface area contributed by atoms with E-state index in [9.17, 15) is 22.8 Å². The van der Waals surface area contributed by atoms with Gasteiger partial charge in [-0.3, -0.25) is 9.59 Å². The van der Waals surface area contributed by atoms with Crippen LogP contribution in [0.25, 0.3) is 0 Å². The molecule has 0 spiro atoms. The molecule has 1 saturated carbocycles. The molecular weight excluding hydrogens is 313 g/mol. The molecule has 0 aromatic heterocycles. The predicted octanol–water partition coefficient (Wildman–Crippen LogP) is 4.16. The zero-order valence-electron chi connectivity index (χ0n) is 13.7. The molecule has 23 heavy (non-hydrogen) atoms. The smallest absolute Gasteiger partial charge is 0.422 e. The average Bonchev–Trinajstić information content (AvgIpc) is 2.92. The number of rotatable bonds is 8. The molecular formula is C16H25F3O4. The van der Waals surface area contributed by atoms with Crippen LogP contribution in [0.1, 0.15) is 65.2 Å². The van der Waals surface area contributed by atoms with Crippen LogP contribution >= 0.6 is 0 Å². The molecule has 1 rings (SSSR count). The molecule has 134 valence electrons. The summed E-state index contributed by atoms with van der Waals surface area (Å²) in [6.45, 7) is 2.16. The van der Waals surface area contributed by atoms with Crippen molar-refractivity contribution in [3.8, 4) is 0 Å². The summed E-state index contributed by atoms with van der Waals surface area (Å²) in [5.41, 5.74) is -0.565. The van der Waals surface area contributed by atoms with E-state index in [4.69, 9.17) is 4.74 Å². The lowest BCUT2D eigenvalue weighted by atomic mass is 9.94. The molecule has 1 aliphatic rings. The summed E-state index contributed by atoms with van der Waals surface area (Å²) in [6.07, 6.45) is 0.310. The van der Waals surface area contributed by atoms with E-state index in [1.54, 1.807) is 6.92 Å². The Kier molecular flexibility index (Phi) is 7.35. The molecule has 0 aromatic carbocycles. The van der Waals surface area contributed by atoms with Crippen molar-refractivity contribution < 1.29 is 32.2 Å². The van der Waals surface area contributed by atoms with Gasteiger partial charge in [-0.25, -0.2) is 0 Å². The van der Waals surface area contributed by atoms with E-state index in [0.717, 1.165) is 25.7 Å². The van der Waals surface area contributed by atoms with Crippen LogP contribution in [0.4, 0.5) is 13.2 Å². The Hall–Kier alpha value is -1.27. The van der Waals surface area contributed by atoms with Crippen LogP contribution < -0.4 is 0 Å². The summed E-state index contributed by atoms with van der Waals surface area (Å²) in [7, 11) is 0. The number of hydrogen-bond acceptors (Lipinski definition) is 4. The van der Waals surface area contributed by atoms with Gasteiger partial charge in [0.05, 0.1) is 5.92 Å². The van der Waals surface area contributed by atoms with Crippen LogP contribution in [-0.4, -0.2) is 30.3 Å². The standard InChI is InChI=1S/C16H25F3O4/c1-3-12(2)14(21)23-15(8-4-5-9-15)10-6-7-13(20)22-11-16(17,18)19/h12H,3-11H2,1-2H3. The molecule has 0 aromatic rings. The largest absolute Gasteiger partial charge is 0.459 e. The third kappa shape index (κ3) is 7.22. The third-order valence-corrected chi connectivity index (χ3v) is 4.26. The molecule has 0 aliphatic heterocycles. The maximum atomic E-state index is 12.0. The second-order valence-electron chi connectivity index (χ2n) is 6.25. The van der Waals surface area contributed by atoms with E-state index >= 15 is 0 Å². The fraction of sp³-hybridized carbons (Fsp3) is 0.875. The zero-order valence-corrected chi connectivity index (χ0v) is 13.7. The Bertz CT molecular complexity index is 401. The van der Waals surface area contributed by atoms with Crippen molar-refractivity contribution in [3.05, 3.63) is 0 Å². The molecule has 0 bridgehead atoms. The molecule has 4 nitrogen and oxygen atoms in total. The van der Waals surface area contributed by atoms with Gasteiger partial charge in [0.25, 0.3) is 0 Å². The Morgan fingerprint density at radius 3 is 2.35 bits per heavy atom. The lowest BCUT2D eigenvalue weighted by Gasteiger charge is -2.30. The maximum Gasteiger partial charge on any atom is 0.422 e. The number of carbonyl (C=O) groups is 2. The summed E-state index contributed by atoms with van der Waals surface area (Å²) in [5, 5.41) is 0. The Labute approximate surface area is 134 Å². The average molecular weight is 338 g/mol. The van der Waals surface area contributed by atoms with Crippen LogP contribution in [0.2, 0.25) is 0 Å². The number of ether oxygens (including phenoxy) is 2.